The molecule has 1 aromatic heterocycles. The lowest BCUT2D eigenvalue weighted by molar-refractivity contribution is 0.0697. The first-order valence-electron chi connectivity index (χ1n) is 5.37. The highest BCUT2D eigenvalue weighted by Crippen LogP contribution is 2.20. The lowest BCUT2D eigenvalue weighted by atomic mass is 10.0. The molecular weight excluding hydrogens is 232 g/mol. The molecule has 18 heavy (non-hydrogen) atoms. The van der Waals surface area contributed by atoms with Crippen molar-refractivity contribution in [1.82, 2.24) is 9.78 Å². The summed E-state index contributed by atoms with van der Waals surface area (Å²) < 4.78 is 1.27. The van der Waals surface area contributed by atoms with Gasteiger partial charge in [0.1, 0.15) is 0 Å². The van der Waals surface area contributed by atoms with Crippen molar-refractivity contribution in [2.24, 2.45) is 7.05 Å². The van der Waals surface area contributed by atoms with E-state index in [1.165, 1.54) is 16.8 Å². The molecule has 0 atom stereocenters. The minimum atomic E-state index is -0.972. The normalized spacial score (nSPS) is 10.3. The van der Waals surface area contributed by atoms with Gasteiger partial charge >= 0.3 is 5.97 Å². The first-order chi connectivity index (χ1) is 8.50. The van der Waals surface area contributed by atoms with Crippen LogP contribution in [0.4, 0.5) is 0 Å². The topological polar surface area (TPSA) is 72.2 Å². The summed E-state index contributed by atoms with van der Waals surface area (Å²) in [5.74, 6) is -0.972. The second-order valence-electron chi connectivity index (χ2n) is 3.99. The van der Waals surface area contributed by atoms with Gasteiger partial charge in [-0.15, -0.1) is 0 Å². The Kier molecular flexibility index (Phi) is 2.97. The number of hydrogen-bond donors (Lipinski definition) is 1. The Balaban J connectivity index is 2.53. The van der Waals surface area contributed by atoms with Crippen molar-refractivity contribution >= 4 is 5.97 Å². The molecule has 0 fully saturated rings. The molecule has 0 aliphatic heterocycles. The molecule has 5 nitrogen and oxygen atoms in total. The highest BCUT2D eigenvalue weighted by Gasteiger charge is 2.08. The molecule has 1 heterocycles. The Morgan fingerprint density at radius 2 is 1.89 bits per heavy atom. The fourth-order valence-corrected chi connectivity index (χ4v) is 1.73. The first-order valence-corrected chi connectivity index (χ1v) is 5.37. The Hall–Kier alpha value is -2.43. The Morgan fingerprint density at radius 3 is 2.44 bits per heavy atom. The molecule has 1 N–H and O–H groups in total. The molecule has 0 spiro atoms. The van der Waals surface area contributed by atoms with Crippen LogP contribution in [-0.2, 0) is 7.05 Å². The molecule has 5 heteroatoms. The predicted octanol–water partition coefficient (Wildman–Crippen LogP) is 1.45. The van der Waals surface area contributed by atoms with Gasteiger partial charge in [0.2, 0.25) is 0 Å². The van der Waals surface area contributed by atoms with Gasteiger partial charge in [0.05, 0.1) is 11.8 Å². The lowest BCUT2D eigenvalue weighted by Crippen LogP contribution is -2.22. The van der Waals surface area contributed by atoms with Crippen LogP contribution < -0.4 is 5.56 Å². The summed E-state index contributed by atoms with van der Waals surface area (Å²) in [6.45, 7) is 1.73. The minimum Gasteiger partial charge on any atom is -0.478 e. The molecule has 0 saturated carbocycles. The van der Waals surface area contributed by atoms with Crippen LogP contribution in [0, 0.1) is 6.92 Å². The largest absolute Gasteiger partial charge is 0.478 e. The fraction of sp³-hybridized carbons (Fsp3) is 0.154. The number of rotatable bonds is 2. The van der Waals surface area contributed by atoms with Gasteiger partial charge in [-0.3, -0.25) is 4.79 Å². The SMILES string of the molecule is Cc1c(-c2ccc(C(=O)O)cc2)cnn(C)c1=O. The van der Waals surface area contributed by atoms with E-state index in [1.807, 2.05) is 0 Å². The number of carbonyl (C=O) groups is 1. The molecule has 1 aromatic carbocycles. The number of aromatic carboxylic acids is 1. The lowest BCUT2D eigenvalue weighted by Gasteiger charge is -2.06. The molecule has 2 aromatic rings. The van der Waals surface area contributed by atoms with Crippen molar-refractivity contribution in [2.45, 2.75) is 6.92 Å². The molecule has 92 valence electrons. The van der Waals surface area contributed by atoms with Crippen LogP contribution in [0.1, 0.15) is 15.9 Å². The maximum atomic E-state index is 11.7. The smallest absolute Gasteiger partial charge is 0.335 e. The zero-order valence-electron chi connectivity index (χ0n) is 10.0. The van der Waals surface area contributed by atoms with Crippen molar-refractivity contribution in [2.75, 3.05) is 0 Å². The van der Waals surface area contributed by atoms with Gasteiger partial charge in [-0.2, -0.15) is 5.10 Å². The second kappa shape index (κ2) is 4.44. The van der Waals surface area contributed by atoms with Crippen molar-refractivity contribution in [3.63, 3.8) is 0 Å². The van der Waals surface area contributed by atoms with E-state index in [4.69, 9.17) is 5.11 Å². The van der Waals surface area contributed by atoms with Gasteiger partial charge in [0.25, 0.3) is 5.56 Å². The summed E-state index contributed by atoms with van der Waals surface area (Å²) in [5.41, 5.74) is 2.15. The first kappa shape index (κ1) is 12.0. The summed E-state index contributed by atoms with van der Waals surface area (Å²) in [6.07, 6.45) is 1.60. The van der Waals surface area contributed by atoms with Crippen LogP contribution in [0.2, 0.25) is 0 Å². The van der Waals surface area contributed by atoms with E-state index in [0.717, 1.165) is 11.1 Å². The van der Waals surface area contributed by atoms with E-state index in [1.54, 1.807) is 32.3 Å². The van der Waals surface area contributed by atoms with Gasteiger partial charge in [0, 0.05) is 18.2 Å². The van der Waals surface area contributed by atoms with Crippen molar-refractivity contribution in [3.05, 3.63) is 51.9 Å². The maximum Gasteiger partial charge on any atom is 0.335 e. The Morgan fingerprint density at radius 1 is 1.28 bits per heavy atom. The number of nitrogens with zero attached hydrogens (tertiary/aromatic N) is 2. The molecule has 0 aliphatic rings. The number of carboxylic acid groups (broad SMARTS) is 1. The molecular formula is C13H12N2O3. The zero-order valence-corrected chi connectivity index (χ0v) is 10.0. The number of benzene rings is 1. The quantitative estimate of drug-likeness (QED) is 0.867. The fourth-order valence-electron chi connectivity index (χ4n) is 1.73. The summed E-state index contributed by atoms with van der Waals surface area (Å²) >= 11 is 0. The number of aryl methyl sites for hydroxylation is 1. The third kappa shape index (κ3) is 2.02. The summed E-state index contributed by atoms with van der Waals surface area (Å²) in [5, 5.41) is 12.8. The van der Waals surface area contributed by atoms with Gasteiger partial charge in [0.15, 0.2) is 0 Å². The van der Waals surface area contributed by atoms with Crippen molar-refractivity contribution in [3.8, 4) is 11.1 Å². The number of hydrogen-bond acceptors (Lipinski definition) is 3. The average Bonchev–Trinajstić information content (AvgIpc) is 2.36. The third-order valence-corrected chi connectivity index (χ3v) is 2.82. The van der Waals surface area contributed by atoms with Crippen LogP contribution in [0.5, 0.6) is 0 Å². The molecule has 2 rings (SSSR count). The summed E-state index contributed by atoms with van der Waals surface area (Å²) in [6, 6.07) is 6.36. The third-order valence-electron chi connectivity index (χ3n) is 2.82. The van der Waals surface area contributed by atoms with E-state index in [0.29, 0.717) is 5.56 Å². The highest BCUT2D eigenvalue weighted by atomic mass is 16.4. The van der Waals surface area contributed by atoms with Crippen LogP contribution in [0.15, 0.2) is 35.3 Å². The number of carboxylic acids is 1. The van der Waals surface area contributed by atoms with Crippen LogP contribution in [0.3, 0.4) is 0 Å². The van der Waals surface area contributed by atoms with E-state index in [9.17, 15) is 9.59 Å². The Labute approximate surface area is 103 Å². The van der Waals surface area contributed by atoms with Gasteiger partial charge in [-0.05, 0) is 24.6 Å². The maximum absolute atomic E-state index is 11.7. The van der Waals surface area contributed by atoms with Crippen LogP contribution in [0.25, 0.3) is 11.1 Å². The Bertz CT molecular complexity index is 657. The summed E-state index contributed by atoms with van der Waals surface area (Å²) in [4.78, 5) is 22.5. The highest BCUT2D eigenvalue weighted by molar-refractivity contribution is 5.88. The van der Waals surface area contributed by atoms with E-state index >= 15 is 0 Å². The van der Waals surface area contributed by atoms with E-state index in [2.05, 4.69) is 5.10 Å². The number of aromatic nitrogens is 2. The standard InChI is InChI=1S/C13H12N2O3/c1-8-11(7-14-15(2)12(8)16)9-3-5-10(6-4-9)13(17)18/h3-7H,1-2H3,(H,17,18). The van der Waals surface area contributed by atoms with Crippen LogP contribution >= 0.6 is 0 Å². The zero-order chi connectivity index (χ0) is 13.3. The van der Waals surface area contributed by atoms with E-state index in [-0.39, 0.29) is 11.1 Å². The molecule has 0 amide bonds. The minimum absolute atomic E-state index is 0.158. The molecule has 0 aliphatic carbocycles. The van der Waals surface area contributed by atoms with Crippen molar-refractivity contribution in [1.29, 1.82) is 0 Å². The van der Waals surface area contributed by atoms with Gasteiger partial charge < -0.3 is 5.11 Å². The average molecular weight is 244 g/mol. The summed E-state index contributed by atoms with van der Waals surface area (Å²) in [7, 11) is 1.59. The van der Waals surface area contributed by atoms with E-state index < -0.39 is 5.97 Å². The second-order valence-corrected chi connectivity index (χ2v) is 3.99. The molecule has 0 bridgehead atoms. The van der Waals surface area contributed by atoms with Crippen LogP contribution in [-0.4, -0.2) is 20.9 Å². The molecule has 0 unspecified atom stereocenters. The predicted molar refractivity (Wildman–Crippen MR) is 66.6 cm³/mol. The van der Waals surface area contributed by atoms with Gasteiger partial charge in [-0.25, -0.2) is 9.48 Å². The van der Waals surface area contributed by atoms with Gasteiger partial charge in [-0.1, -0.05) is 12.1 Å². The molecule has 0 radical (unpaired) electrons. The monoisotopic (exact) mass is 244 g/mol. The van der Waals surface area contributed by atoms with Crippen molar-refractivity contribution < 1.29 is 9.90 Å². The molecule has 0 saturated heterocycles.